The molecular weight excluding hydrogens is 285 g/mol. The van der Waals surface area contributed by atoms with Crippen molar-refractivity contribution in [2.75, 3.05) is 0 Å². The number of aliphatic hydroxyl groups is 1. The van der Waals surface area contributed by atoms with Crippen LogP contribution in [0.2, 0.25) is 0 Å². The van der Waals surface area contributed by atoms with Crippen LogP contribution >= 0.6 is 0 Å². The summed E-state index contributed by atoms with van der Waals surface area (Å²) < 4.78 is 18.5. The molecule has 0 spiro atoms. The summed E-state index contributed by atoms with van der Waals surface area (Å²) in [4.78, 5) is 12.0. The molecule has 1 heterocycles. The average Bonchev–Trinajstić information content (AvgIpc) is 3.26. The van der Waals surface area contributed by atoms with E-state index in [4.69, 9.17) is 4.42 Å². The molecule has 1 aliphatic rings. The van der Waals surface area contributed by atoms with Crippen molar-refractivity contribution in [3.05, 3.63) is 48.0 Å². The smallest absolute Gasteiger partial charge is 0.252 e. The first-order chi connectivity index (χ1) is 10.5. The maximum Gasteiger partial charge on any atom is 0.252 e. The monoisotopic (exact) mass is 303 g/mol. The number of halogens is 1. The van der Waals surface area contributed by atoms with Crippen molar-refractivity contribution in [2.45, 2.75) is 31.9 Å². The quantitative estimate of drug-likeness (QED) is 0.893. The van der Waals surface area contributed by atoms with Crippen molar-refractivity contribution < 1.29 is 18.7 Å². The number of carbonyl (C=O) groups is 1. The third kappa shape index (κ3) is 3.04. The first kappa shape index (κ1) is 14.8. The van der Waals surface area contributed by atoms with Gasteiger partial charge in [0.1, 0.15) is 22.9 Å². The number of hydrogen-bond acceptors (Lipinski definition) is 3. The summed E-state index contributed by atoms with van der Waals surface area (Å²) in [5, 5.41) is 12.8. The Bertz CT molecular complexity index is 671. The number of nitrogens with one attached hydrogen (secondary N) is 1. The SMILES string of the molecule is CC(O)(C(=O)NCc1ccc(-c2ccc(F)cc2)o1)C1CC1. The van der Waals surface area contributed by atoms with Crippen LogP contribution in [0.5, 0.6) is 0 Å². The molecule has 0 radical (unpaired) electrons. The normalized spacial score (nSPS) is 17.0. The molecule has 1 atom stereocenters. The summed E-state index contributed by atoms with van der Waals surface area (Å²) >= 11 is 0. The zero-order valence-electron chi connectivity index (χ0n) is 12.3. The molecule has 0 aliphatic heterocycles. The van der Waals surface area contributed by atoms with E-state index in [0.29, 0.717) is 11.5 Å². The molecule has 1 fully saturated rings. The van der Waals surface area contributed by atoms with Gasteiger partial charge in [-0.3, -0.25) is 4.79 Å². The molecule has 1 aliphatic carbocycles. The summed E-state index contributed by atoms with van der Waals surface area (Å²) in [6, 6.07) is 9.53. The van der Waals surface area contributed by atoms with Crippen LogP contribution in [0, 0.1) is 11.7 Å². The van der Waals surface area contributed by atoms with Gasteiger partial charge in [-0.05, 0) is 62.1 Å². The number of hydrogen-bond donors (Lipinski definition) is 2. The minimum absolute atomic E-state index is 0.0545. The van der Waals surface area contributed by atoms with E-state index in [1.54, 1.807) is 31.2 Å². The zero-order valence-corrected chi connectivity index (χ0v) is 12.3. The van der Waals surface area contributed by atoms with Crippen LogP contribution in [0.25, 0.3) is 11.3 Å². The molecule has 3 rings (SSSR count). The predicted octanol–water partition coefficient (Wildman–Crippen LogP) is 2.86. The van der Waals surface area contributed by atoms with Gasteiger partial charge >= 0.3 is 0 Å². The van der Waals surface area contributed by atoms with Crippen LogP contribution in [0.3, 0.4) is 0 Å². The van der Waals surface area contributed by atoms with E-state index in [0.717, 1.165) is 18.4 Å². The number of carbonyl (C=O) groups excluding carboxylic acids is 1. The molecular formula is C17H18FNO3. The number of rotatable bonds is 5. The maximum absolute atomic E-state index is 12.9. The van der Waals surface area contributed by atoms with Gasteiger partial charge in [0.25, 0.3) is 5.91 Å². The van der Waals surface area contributed by atoms with Crippen LogP contribution in [0.1, 0.15) is 25.5 Å². The lowest BCUT2D eigenvalue weighted by atomic mass is 10.00. The van der Waals surface area contributed by atoms with Gasteiger partial charge in [-0.1, -0.05) is 0 Å². The Kier molecular flexibility index (Phi) is 3.74. The molecule has 22 heavy (non-hydrogen) atoms. The largest absolute Gasteiger partial charge is 0.459 e. The predicted molar refractivity (Wildman–Crippen MR) is 79.3 cm³/mol. The standard InChI is InChI=1S/C17H18FNO3/c1-17(21,12-4-5-12)16(20)19-10-14-8-9-15(22-14)11-2-6-13(18)7-3-11/h2-3,6-9,12,21H,4-5,10H2,1H3,(H,19,20). The number of furan rings is 1. The molecule has 1 aromatic carbocycles. The zero-order chi connectivity index (χ0) is 15.7. The second-order valence-electron chi connectivity index (χ2n) is 5.88. The highest BCUT2D eigenvalue weighted by molar-refractivity contribution is 5.85. The van der Waals surface area contributed by atoms with Gasteiger partial charge in [0, 0.05) is 5.56 Å². The molecule has 1 aromatic heterocycles. The van der Waals surface area contributed by atoms with E-state index in [9.17, 15) is 14.3 Å². The van der Waals surface area contributed by atoms with Gasteiger partial charge in [0.05, 0.1) is 6.54 Å². The van der Waals surface area contributed by atoms with E-state index in [-0.39, 0.29) is 24.2 Å². The lowest BCUT2D eigenvalue weighted by molar-refractivity contribution is -0.140. The van der Waals surface area contributed by atoms with Crippen LogP contribution in [0.15, 0.2) is 40.8 Å². The van der Waals surface area contributed by atoms with Crippen LogP contribution in [0.4, 0.5) is 4.39 Å². The second kappa shape index (κ2) is 5.57. The van der Waals surface area contributed by atoms with Gasteiger partial charge in [0.2, 0.25) is 0 Å². The van der Waals surface area contributed by atoms with Crippen LogP contribution in [-0.4, -0.2) is 16.6 Å². The van der Waals surface area contributed by atoms with Gasteiger partial charge in [0.15, 0.2) is 0 Å². The molecule has 0 bridgehead atoms. The van der Waals surface area contributed by atoms with Crippen molar-refractivity contribution in [3.63, 3.8) is 0 Å². The van der Waals surface area contributed by atoms with Crippen molar-refractivity contribution in [2.24, 2.45) is 5.92 Å². The Labute approximate surface area is 128 Å². The minimum Gasteiger partial charge on any atom is -0.459 e. The molecule has 0 saturated heterocycles. The molecule has 116 valence electrons. The van der Waals surface area contributed by atoms with Crippen molar-refractivity contribution in [3.8, 4) is 11.3 Å². The summed E-state index contributed by atoms with van der Waals surface area (Å²) in [6.07, 6.45) is 1.77. The Morgan fingerprint density at radius 3 is 2.64 bits per heavy atom. The summed E-state index contributed by atoms with van der Waals surface area (Å²) in [5.41, 5.74) is -0.546. The summed E-state index contributed by atoms with van der Waals surface area (Å²) in [7, 11) is 0. The minimum atomic E-state index is -1.31. The molecule has 2 N–H and O–H groups in total. The maximum atomic E-state index is 12.9. The molecule has 5 heteroatoms. The third-order valence-corrected chi connectivity index (χ3v) is 4.05. The first-order valence-corrected chi connectivity index (χ1v) is 7.32. The van der Waals surface area contributed by atoms with Crippen LogP contribution < -0.4 is 5.32 Å². The highest BCUT2D eigenvalue weighted by Crippen LogP contribution is 2.39. The fourth-order valence-corrected chi connectivity index (χ4v) is 2.42. The number of benzene rings is 1. The van der Waals surface area contributed by atoms with E-state index < -0.39 is 5.60 Å². The van der Waals surface area contributed by atoms with Gasteiger partial charge in [-0.15, -0.1) is 0 Å². The van der Waals surface area contributed by atoms with Gasteiger partial charge in [-0.25, -0.2) is 4.39 Å². The van der Waals surface area contributed by atoms with Crippen LogP contribution in [-0.2, 0) is 11.3 Å². The lowest BCUT2D eigenvalue weighted by Crippen LogP contribution is -2.45. The van der Waals surface area contributed by atoms with Crippen molar-refractivity contribution in [1.29, 1.82) is 0 Å². The van der Waals surface area contributed by atoms with Gasteiger partial charge in [-0.2, -0.15) is 0 Å². The Balaban J connectivity index is 1.62. The first-order valence-electron chi connectivity index (χ1n) is 7.32. The third-order valence-electron chi connectivity index (χ3n) is 4.05. The Morgan fingerprint density at radius 1 is 1.32 bits per heavy atom. The lowest BCUT2D eigenvalue weighted by Gasteiger charge is -2.21. The summed E-state index contributed by atoms with van der Waals surface area (Å²) in [5.74, 6) is 0.566. The highest BCUT2D eigenvalue weighted by Gasteiger charge is 2.45. The Hall–Kier alpha value is -2.14. The van der Waals surface area contributed by atoms with E-state index in [1.165, 1.54) is 12.1 Å². The molecule has 1 unspecified atom stereocenters. The molecule has 1 amide bonds. The fourth-order valence-electron chi connectivity index (χ4n) is 2.42. The second-order valence-corrected chi connectivity index (χ2v) is 5.88. The van der Waals surface area contributed by atoms with Gasteiger partial charge < -0.3 is 14.8 Å². The average molecular weight is 303 g/mol. The summed E-state index contributed by atoms with van der Waals surface area (Å²) in [6.45, 7) is 1.76. The highest BCUT2D eigenvalue weighted by atomic mass is 19.1. The topological polar surface area (TPSA) is 62.5 Å². The Morgan fingerprint density at radius 2 is 2.00 bits per heavy atom. The molecule has 2 aromatic rings. The fraction of sp³-hybridized carbons (Fsp3) is 0.353. The number of amides is 1. The van der Waals surface area contributed by atoms with E-state index in [2.05, 4.69) is 5.32 Å². The van der Waals surface area contributed by atoms with E-state index in [1.807, 2.05) is 0 Å². The van der Waals surface area contributed by atoms with Crippen molar-refractivity contribution in [1.82, 2.24) is 5.32 Å². The molecule has 4 nitrogen and oxygen atoms in total. The van der Waals surface area contributed by atoms with Crippen molar-refractivity contribution >= 4 is 5.91 Å². The van der Waals surface area contributed by atoms with E-state index >= 15 is 0 Å². The molecule has 1 saturated carbocycles.